The predicted molar refractivity (Wildman–Crippen MR) is 78.4 cm³/mol. The van der Waals surface area contributed by atoms with Gasteiger partial charge in [0.1, 0.15) is 0 Å². The van der Waals surface area contributed by atoms with Crippen LogP contribution in [0.5, 0.6) is 0 Å². The summed E-state index contributed by atoms with van der Waals surface area (Å²) in [5, 5.41) is 0. The largest absolute Gasteiger partial charge is 0.326 e. The number of benzene rings is 1. The van der Waals surface area contributed by atoms with E-state index in [9.17, 15) is 0 Å². The Morgan fingerprint density at radius 1 is 1.35 bits per heavy atom. The summed E-state index contributed by atoms with van der Waals surface area (Å²) in [6.45, 7) is 5.00. The van der Waals surface area contributed by atoms with Gasteiger partial charge in [-0.25, -0.2) is 0 Å². The van der Waals surface area contributed by atoms with E-state index in [1.807, 2.05) is 11.8 Å². The zero-order valence-corrected chi connectivity index (χ0v) is 12.0. The van der Waals surface area contributed by atoms with Crippen molar-refractivity contribution < 1.29 is 0 Å². The van der Waals surface area contributed by atoms with E-state index in [0.29, 0.717) is 6.54 Å². The molecule has 0 aliphatic rings. The number of aryl methyl sites for hydroxylation is 1. The average Bonchev–Trinajstić information content (AvgIpc) is 2.32. The fourth-order valence-corrected chi connectivity index (χ4v) is 2.33. The molecule has 2 nitrogen and oxygen atoms in total. The average molecular weight is 252 g/mol. The van der Waals surface area contributed by atoms with Crippen LogP contribution in [0.4, 0.5) is 0 Å². The third kappa shape index (κ3) is 5.11. The van der Waals surface area contributed by atoms with Gasteiger partial charge in [0.2, 0.25) is 0 Å². The first-order valence-corrected chi connectivity index (χ1v) is 7.52. The van der Waals surface area contributed by atoms with Gasteiger partial charge in [-0.1, -0.05) is 18.2 Å². The molecule has 0 atom stereocenters. The van der Waals surface area contributed by atoms with E-state index in [1.165, 1.54) is 35.4 Å². The molecule has 96 valence electrons. The smallest absolute Gasteiger partial charge is 0.0233 e. The Morgan fingerprint density at radius 3 is 2.71 bits per heavy atom. The molecular weight excluding hydrogens is 228 g/mol. The normalized spacial score (nSPS) is 11.1. The summed E-state index contributed by atoms with van der Waals surface area (Å²) in [7, 11) is 2.19. The van der Waals surface area contributed by atoms with Crippen molar-refractivity contribution in [3.05, 3.63) is 34.9 Å². The van der Waals surface area contributed by atoms with Crippen molar-refractivity contribution in [2.24, 2.45) is 5.73 Å². The van der Waals surface area contributed by atoms with Crippen molar-refractivity contribution in [3.8, 4) is 0 Å². The molecule has 0 aliphatic carbocycles. The lowest BCUT2D eigenvalue weighted by Gasteiger charge is -2.18. The number of rotatable bonds is 7. The molecule has 17 heavy (non-hydrogen) atoms. The van der Waals surface area contributed by atoms with Crippen LogP contribution >= 0.6 is 11.8 Å². The van der Waals surface area contributed by atoms with Gasteiger partial charge in [0.15, 0.2) is 0 Å². The van der Waals surface area contributed by atoms with Crippen molar-refractivity contribution >= 4 is 11.8 Å². The third-order valence-electron chi connectivity index (χ3n) is 2.97. The highest BCUT2D eigenvalue weighted by molar-refractivity contribution is 7.98. The van der Waals surface area contributed by atoms with Crippen molar-refractivity contribution in [1.29, 1.82) is 0 Å². The first-order chi connectivity index (χ1) is 8.17. The summed E-state index contributed by atoms with van der Waals surface area (Å²) in [6.07, 6.45) is 3.42. The maximum Gasteiger partial charge on any atom is 0.0233 e. The quantitative estimate of drug-likeness (QED) is 0.757. The molecule has 1 aromatic rings. The lowest BCUT2D eigenvalue weighted by Crippen LogP contribution is -2.20. The third-order valence-corrected chi connectivity index (χ3v) is 3.67. The SMILES string of the molecule is CSCCCN(C)Cc1ccc(CN)cc1C. The number of nitrogens with zero attached hydrogens (tertiary/aromatic N) is 1. The van der Waals surface area contributed by atoms with E-state index < -0.39 is 0 Å². The minimum atomic E-state index is 0.630. The van der Waals surface area contributed by atoms with Crippen LogP contribution in [-0.4, -0.2) is 30.5 Å². The molecular formula is C14H24N2S. The number of nitrogens with two attached hydrogens (primary N) is 1. The molecule has 0 aliphatic heterocycles. The minimum Gasteiger partial charge on any atom is -0.326 e. The fraction of sp³-hybridized carbons (Fsp3) is 0.571. The first-order valence-electron chi connectivity index (χ1n) is 6.13. The summed E-state index contributed by atoms with van der Waals surface area (Å²) in [6, 6.07) is 6.55. The lowest BCUT2D eigenvalue weighted by molar-refractivity contribution is 0.328. The van der Waals surface area contributed by atoms with Crippen molar-refractivity contribution in [2.75, 3.05) is 25.6 Å². The van der Waals surface area contributed by atoms with Crippen molar-refractivity contribution in [1.82, 2.24) is 4.90 Å². The van der Waals surface area contributed by atoms with E-state index in [2.05, 4.69) is 43.3 Å². The molecule has 0 saturated carbocycles. The van der Waals surface area contributed by atoms with Crippen molar-refractivity contribution in [2.45, 2.75) is 26.4 Å². The molecule has 0 fully saturated rings. The molecule has 0 saturated heterocycles. The van der Waals surface area contributed by atoms with E-state index in [0.717, 1.165) is 6.54 Å². The second kappa shape index (κ2) is 7.75. The molecule has 0 spiro atoms. The van der Waals surface area contributed by atoms with Gasteiger partial charge in [-0.05, 0) is 55.6 Å². The second-order valence-corrected chi connectivity index (χ2v) is 5.53. The Labute approximate surface area is 110 Å². The van der Waals surface area contributed by atoms with Gasteiger partial charge in [0, 0.05) is 13.1 Å². The van der Waals surface area contributed by atoms with Crippen LogP contribution in [0, 0.1) is 6.92 Å². The Bertz CT molecular complexity index is 339. The van der Waals surface area contributed by atoms with Crippen LogP contribution in [0.3, 0.4) is 0 Å². The van der Waals surface area contributed by atoms with Crippen molar-refractivity contribution in [3.63, 3.8) is 0 Å². The monoisotopic (exact) mass is 252 g/mol. The molecule has 3 heteroatoms. The minimum absolute atomic E-state index is 0.630. The molecule has 0 unspecified atom stereocenters. The number of hydrogen-bond donors (Lipinski definition) is 1. The van der Waals surface area contributed by atoms with Gasteiger partial charge in [0.25, 0.3) is 0 Å². The summed E-state index contributed by atoms with van der Waals surface area (Å²) in [5.74, 6) is 1.25. The second-order valence-electron chi connectivity index (χ2n) is 4.55. The van der Waals surface area contributed by atoms with Crippen LogP contribution < -0.4 is 5.73 Å². The summed E-state index contributed by atoms with van der Waals surface area (Å²) in [4.78, 5) is 2.39. The van der Waals surface area contributed by atoms with Crippen LogP contribution in [0.15, 0.2) is 18.2 Å². The highest BCUT2D eigenvalue weighted by Gasteiger charge is 2.03. The molecule has 0 radical (unpaired) electrons. The molecule has 1 rings (SSSR count). The summed E-state index contributed by atoms with van der Waals surface area (Å²) < 4.78 is 0. The number of hydrogen-bond acceptors (Lipinski definition) is 3. The summed E-state index contributed by atoms with van der Waals surface area (Å²) >= 11 is 1.92. The highest BCUT2D eigenvalue weighted by Crippen LogP contribution is 2.13. The zero-order valence-electron chi connectivity index (χ0n) is 11.2. The van der Waals surface area contributed by atoms with Gasteiger partial charge in [0.05, 0.1) is 0 Å². The maximum atomic E-state index is 5.64. The lowest BCUT2D eigenvalue weighted by atomic mass is 10.0. The van der Waals surface area contributed by atoms with Gasteiger partial charge < -0.3 is 10.6 Å². The van der Waals surface area contributed by atoms with Gasteiger partial charge in [-0.15, -0.1) is 0 Å². The Hall–Kier alpha value is -0.510. The Kier molecular flexibility index (Phi) is 6.63. The van der Waals surface area contributed by atoms with E-state index >= 15 is 0 Å². The van der Waals surface area contributed by atoms with Crippen LogP contribution in [0.25, 0.3) is 0 Å². The Morgan fingerprint density at radius 2 is 2.12 bits per heavy atom. The van der Waals surface area contributed by atoms with Gasteiger partial charge in [-0.2, -0.15) is 11.8 Å². The van der Waals surface area contributed by atoms with E-state index in [-0.39, 0.29) is 0 Å². The zero-order chi connectivity index (χ0) is 12.7. The molecule has 0 heterocycles. The standard InChI is InChI=1S/C14H24N2S/c1-12-9-13(10-15)5-6-14(12)11-16(2)7-4-8-17-3/h5-6,9H,4,7-8,10-11,15H2,1-3H3. The molecule has 0 bridgehead atoms. The Balaban J connectivity index is 2.50. The first kappa shape index (κ1) is 14.6. The topological polar surface area (TPSA) is 29.3 Å². The van der Waals surface area contributed by atoms with Crippen LogP contribution in [0.2, 0.25) is 0 Å². The number of thioether (sulfide) groups is 1. The van der Waals surface area contributed by atoms with E-state index in [1.54, 1.807) is 0 Å². The van der Waals surface area contributed by atoms with Crippen LogP contribution in [-0.2, 0) is 13.1 Å². The highest BCUT2D eigenvalue weighted by atomic mass is 32.2. The predicted octanol–water partition coefficient (Wildman–Crippen LogP) is 2.64. The maximum absolute atomic E-state index is 5.64. The summed E-state index contributed by atoms with van der Waals surface area (Å²) in [5.41, 5.74) is 9.62. The fourth-order valence-electron chi connectivity index (χ4n) is 1.91. The van der Waals surface area contributed by atoms with Crippen LogP contribution in [0.1, 0.15) is 23.1 Å². The molecule has 0 amide bonds. The molecule has 2 N–H and O–H groups in total. The molecule has 1 aromatic carbocycles. The molecule has 0 aromatic heterocycles. The van der Waals surface area contributed by atoms with Gasteiger partial charge >= 0.3 is 0 Å². The van der Waals surface area contributed by atoms with Gasteiger partial charge in [-0.3, -0.25) is 0 Å². The van der Waals surface area contributed by atoms with E-state index in [4.69, 9.17) is 5.73 Å².